The maximum atomic E-state index is 12.9. The van der Waals surface area contributed by atoms with Crippen molar-refractivity contribution in [1.82, 2.24) is 24.5 Å². The molecule has 27 heavy (non-hydrogen) atoms. The number of benzene rings is 1. The van der Waals surface area contributed by atoms with Crippen LogP contribution >= 0.6 is 15.9 Å². The fourth-order valence-corrected chi connectivity index (χ4v) is 2.80. The van der Waals surface area contributed by atoms with E-state index in [9.17, 15) is 18.0 Å². The molecule has 7 nitrogen and oxygen atoms in total. The SMILES string of the molecule is Cc1c(Br)c(C(F)F)nn1CC(=O)Nc1ncn(Cc2ccc(F)cc2)n1. The van der Waals surface area contributed by atoms with E-state index in [1.165, 1.54) is 27.8 Å². The topological polar surface area (TPSA) is 77.6 Å². The first-order chi connectivity index (χ1) is 12.8. The summed E-state index contributed by atoms with van der Waals surface area (Å²) in [6.07, 6.45) is -1.32. The summed E-state index contributed by atoms with van der Waals surface area (Å²) < 4.78 is 41.5. The van der Waals surface area contributed by atoms with E-state index < -0.39 is 18.0 Å². The Morgan fingerprint density at radius 3 is 2.59 bits per heavy atom. The van der Waals surface area contributed by atoms with Gasteiger partial charge in [0.1, 0.15) is 24.4 Å². The molecule has 0 radical (unpaired) electrons. The molecule has 3 aromatic rings. The van der Waals surface area contributed by atoms with Crippen LogP contribution in [0.25, 0.3) is 0 Å². The van der Waals surface area contributed by atoms with Gasteiger partial charge >= 0.3 is 0 Å². The molecule has 0 aliphatic rings. The molecule has 3 rings (SSSR count). The van der Waals surface area contributed by atoms with Crippen LogP contribution in [0.15, 0.2) is 35.1 Å². The third-order valence-corrected chi connectivity index (χ3v) is 4.68. The molecular weight excluding hydrogens is 429 g/mol. The lowest BCUT2D eigenvalue weighted by Crippen LogP contribution is -2.21. The Labute approximate surface area is 160 Å². The lowest BCUT2D eigenvalue weighted by atomic mass is 10.2. The number of halogens is 4. The molecule has 11 heteroatoms. The molecule has 0 fully saturated rings. The Hall–Kier alpha value is -2.69. The number of nitrogens with zero attached hydrogens (tertiary/aromatic N) is 5. The van der Waals surface area contributed by atoms with Crippen LogP contribution in [-0.2, 0) is 17.9 Å². The maximum absolute atomic E-state index is 12.9. The number of carbonyl (C=O) groups excluding carboxylic acids is 1. The average Bonchev–Trinajstić information content (AvgIpc) is 3.16. The molecule has 0 atom stereocenters. The van der Waals surface area contributed by atoms with Crippen LogP contribution in [-0.4, -0.2) is 30.5 Å². The molecule has 2 aromatic heterocycles. The molecule has 0 spiro atoms. The number of amides is 1. The highest BCUT2D eigenvalue weighted by molar-refractivity contribution is 9.10. The highest BCUT2D eigenvalue weighted by atomic mass is 79.9. The molecule has 0 bridgehead atoms. The average molecular weight is 443 g/mol. The van der Waals surface area contributed by atoms with E-state index in [1.54, 1.807) is 19.1 Å². The molecule has 0 saturated carbocycles. The highest BCUT2D eigenvalue weighted by Crippen LogP contribution is 2.28. The monoisotopic (exact) mass is 442 g/mol. The molecule has 2 heterocycles. The summed E-state index contributed by atoms with van der Waals surface area (Å²) in [7, 11) is 0. The minimum Gasteiger partial charge on any atom is -0.292 e. The molecular formula is C16H14BrF3N6O. The summed E-state index contributed by atoms with van der Waals surface area (Å²) in [6, 6.07) is 5.92. The molecule has 0 unspecified atom stereocenters. The van der Waals surface area contributed by atoms with Gasteiger partial charge in [-0.3, -0.25) is 14.8 Å². The van der Waals surface area contributed by atoms with E-state index in [4.69, 9.17) is 0 Å². The number of aromatic nitrogens is 5. The number of hydrogen-bond donors (Lipinski definition) is 1. The van der Waals surface area contributed by atoms with Crippen LogP contribution in [0.2, 0.25) is 0 Å². The van der Waals surface area contributed by atoms with Gasteiger partial charge in [0.05, 0.1) is 16.7 Å². The first-order valence-corrected chi connectivity index (χ1v) is 8.57. The van der Waals surface area contributed by atoms with Crippen molar-refractivity contribution in [3.63, 3.8) is 0 Å². The predicted octanol–water partition coefficient (Wildman–Crippen LogP) is 3.31. The van der Waals surface area contributed by atoms with Crippen LogP contribution in [0.3, 0.4) is 0 Å². The lowest BCUT2D eigenvalue weighted by molar-refractivity contribution is -0.117. The van der Waals surface area contributed by atoms with Crippen molar-refractivity contribution < 1.29 is 18.0 Å². The molecule has 1 aromatic carbocycles. The van der Waals surface area contributed by atoms with Crippen molar-refractivity contribution in [2.45, 2.75) is 26.4 Å². The first kappa shape index (κ1) is 19.1. The first-order valence-electron chi connectivity index (χ1n) is 7.78. The predicted molar refractivity (Wildman–Crippen MR) is 93.8 cm³/mol. The van der Waals surface area contributed by atoms with E-state index in [2.05, 4.69) is 36.4 Å². The van der Waals surface area contributed by atoms with Crippen molar-refractivity contribution >= 4 is 27.8 Å². The molecule has 0 aliphatic carbocycles. The normalized spacial score (nSPS) is 11.2. The van der Waals surface area contributed by atoms with Crippen LogP contribution in [0.1, 0.15) is 23.4 Å². The zero-order chi connectivity index (χ0) is 19.6. The Kier molecular flexibility index (Phi) is 5.59. The van der Waals surface area contributed by atoms with Crippen LogP contribution in [0.5, 0.6) is 0 Å². The third-order valence-electron chi connectivity index (χ3n) is 3.70. The minimum absolute atomic E-state index is 0.0695. The van der Waals surface area contributed by atoms with Gasteiger partial charge in [0.25, 0.3) is 6.43 Å². The molecule has 1 amide bonds. The second kappa shape index (κ2) is 7.91. The number of rotatable bonds is 6. The van der Waals surface area contributed by atoms with E-state index in [1.807, 2.05) is 0 Å². The zero-order valence-electron chi connectivity index (χ0n) is 14.0. The van der Waals surface area contributed by atoms with Gasteiger partial charge in [0, 0.05) is 0 Å². The largest absolute Gasteiger partial charge is 0.292 e. The maximum Gasteiger partial charge on any atom is 0.283 e. The van der Waals surface area contributed by atoms with Gasteiger partial charge in [-0.05, 0) is 40.5 Å². The van der Waals surface area contributed by atoms with E-state index in [-0.39, 0.29) is 22.8 Å². The molecule has 0 aliphatic heterocycles. The number of alkyl halides is 2. The summed E-state index contributed by atoms with van der Waals surface area (Å²) in [5.74, 6) is -0.769. The summed E-state index contributed by atoms with van der Waals surface area (Å²) in [6.45, 7) is 1.67. The van der Waals surface area contributed by atoms with Crippen LogP contribution < -0.4 is 5.32 Å². The zero-order valence-corrected chi connectivity index (χ0v) is 15.6. The minimum atomic E-state index is -2.74. The Balaban J connectivity index is 1.63. The van der Waals surface area contributed by atoms with Crippen LogP contribution in [0.4, 0.5) is 19.1 Å². The van der Waals surface area contributed by atoms with Gasteiger partial charge in [-0.1, -0.05) is 12.1 Å². The molecule has 1 N–H and O–H groups in total. The van der Waals surface area contributed by atoms with Crippen molar-refractivity contribution in [3.8, 4) is 0 Å². The van der Waals surface area contributed by atoms with Gasteiger partial charge in [-0.25, -0.2) is 22.8 Å². The van der Waals surface area contributed by atoms with Crippen molar-refractivity contribution in [2.24, 2.45) is 0 Å². The molecule has 0 saturated heterocycles. The summed E-state index contributed by atoms with van der Waals surface area (Å²) in [4.78, 5) is 16.1. The van der Waals surface area contributed by atoms with E-state index in [0.717, 1.165) is 5.56 Å². The summed E-state index contributed by atoms with van der Waals surface area (Å²) in [5.41, 5.74) is 0.813. The van der Waals surface area contributed by atoms with Crippen molar-refractivity contribution in [1.29, 1.82) is 0 Å². The van der Waals surface area contributed by atoms with Gasteiger partial charge in [0.15, 0.2) is 0 Å². The number of anilines is 1. The fourth-order valence-electron chi connectivity index (χ4n) is 2.35. The Morgan fingerprint density at radius 2 is 1.96 bits per heavy atom. The standard InChI is InChI=1S/C16H14BrF3N6O/c1-9-13(17)14(15(19)20)23-26(9)7-12(27)22-16-21-8-25(24-16)6-10-2-4-11(18)5-3-10/h2-5,8,15H,6-7H2,1H3,(H,22,24,27). The Bertz CT molecular complexity index is 954. The highest BCUT2D eigenvalue weighted by Gasteiger charge is 2.21. The fraction of sp³-hybridized carbons (Fsp3) is 0.250. The van der Waals surface area contributed by atoms with Gasteiger partial charge < -0.3 is 0 Å². The van der Waals surface area contributed by atoms with Gasteiger partial charge in [-0.15, -0.1) is 5.10 Å². The lowest BCUT2D eigenvalue weighted by Gasteiger charge is -2.04. The second-order valence-corrected chi connectivity index (χ2v) is 6.48. The summed E-state index contributed by atoms with van der Waals surface area (Å²) >= 11 is 3.05. The van der Waals surface area contributed by atoms with Crippen LogP contribution in [0, 0.1) is 12.7 Å². The second-order valence-electron chi connectivity index (χ2n) is 5.68. The van der Waals surface area contributed by atoms with Crippen molar-refractivity contribution in [2.75, 3.05) is 5.32 Å². The third kappa shape index (κ3) is 4.54. The van der Waals surface area contributed by atoms with E-state index >= 15 is 0 Å². The van der Waals surface area contributed by atoms with Gasteiger partial charge in [-0.2, -0.15) is 5.10 Å². The summed E-state index contributed by atoms with van der Waals surface area (Å²) in [5, 5.41) is 10.3. The quantitative estimate of drug-likeness (QED) is 0.635. The Morgan fingerprint density at radius 1 is 1.26 bits per heavy atom. The van der Waals surface area contributed by atoms with Gasteiger partial charge in [0.2, 0.25) is 11.9 Å². The number of nitrogens with one attached hydrogen (secondary N) is 1. The van der Waals surface area contributed by atoms with E-state index in [0.29, 0.717) is 12.2 Å². The number of hydrogen-bond acceptors (Lipinski definition) is 4. The van der Waals surface area contributed by atoms with Crippen molar-refractivity contribution in [3.05, 3.63) is 57.8 Å². The molecule has 142 valence electrons. The smallest absolute Gasteiger partial charge is 0.283 e. The number of carbonyl (C=O) groups is 1.